The van der Waals surface area contributed by atoms with Crippen molar-refractivity contribution >= 4 is 23.3 Å². The molecule has 24 heavy (non-hydrogen) atoms. The number of rotatable bonds is 6. The number of carbonyl (C=O) groups excluding carboxylic acids is 1. The van der Waals surface area contributed by atoms with Gasteiger partial charge in [-0.2, -0.15) is 5.10 Å². The van der Waals surface area contributed by atoms with Gasteiger partial charge < -0.3 is 15.4 Å². The normalized spacial score (nSPS) is 10.7. The smallest absolute Gasteiger partial charge is 0.319 e. The monoisotopic (exact) mass is 354 g/mol. The van der Waals surface area contributed by atoms with Gasteiger partial charge in [-0.05, 0) is 32.0 Å². The number of halogens is 2. The van der Waals surface area contributed by atoms with Crippen molar-refractivity contribution in [2.24, 2.45) is 0 Å². The highest BCUT2D eigenvalue weighted by molar-refractivity contribution is 6.30. The van der Waals surface area contributed by atoms with E-state index in [4.69, 9.17) is 16.3 Å². The number of aryl methyl sites for hydroxylation is 1. The Hall–Kier alpha value is -2.12. The molecule has 130 valence electrons. The Kier molecular flexibility index (Phi) is 6.16. The topological polar surface area (TPSA) is 68.2 Å². The zero-order valence-corrected chi connectivity index (χ0v) is 14.6. The van der Waals surface area contributed by atoms with Crippen LogP contribution in [0.3, 0.4) is 0 Å². The molecule has 1 aromatic carbocycles. The van der Waals surface area contributed by atoms with Crippen LogP contribution in [-0.2, 0) is 17.8 Å². The minimum absolute atomic E-state index is 0.0705. The number of ether oxygens (including phenoxy) is 1. The zero-order valence-electron chi connectivity index (χ0n) is 13.8. The summed E-state index contributed by atoms with van der Waals surface area (Å²) in [6, 6.07) is 3.57. The van der Waals surface area contributed by atoms with Crippen molar-refractivity contribution in [1.29, 1.82) is 0 Å². The van der Waals surface area contributed by atoms with Crippen LogP contribution in [0.5, 0.6) is 0 Å². The van der Waals surface area contributed by atoms with E-state index in [0.29, 0.717) is 19.7 Å². The molecule has 2 amide bonds. The van der Waals surface area contributed by atoms with E-state index in [0.717, 1.165) is 23.0 Å². The number of aromatic nitrogens is 2. The average Bonchev–Trinajstić information content (AvgIpc) is 2.80. The Balaban J connectivity index is 1.97. The molecule has 1 aromatic heterocycles. The summed E-state index contributed by atoms with van der Waals surface area (Å²) < 4.78 is 20.6. The van der Waals surface area contributed by atoms with Crippen LogP contribution in [0, 0.1) is 19.7 Å². The number of anilines is 1. The fourth-order valence-corrected chi connectivity index (χ4v) is 2.47. The lowest BCUT2D eigenvalue weighted by molar-refractivity contribution is 0.182. The molecule has 2 N–H and O–H groups in total. The minimum atomic E-state index is -0.586. The predicted octanol–water partition coefficient (Wildman–Crippen LogP) is 3.26. The van der Waals surface area contributed by atoms with Crippen molar-refractivity contribution in [2.45, 2.75) is 26.9 Å². The van der Waals surface area contributed by atoms with Crippen molar-refractivity contribution in [3.8, 4) is 0 Å². The SMILES string of the molecule is COCCn1nc(C)c(CNC(=O)Nc2ccc(Cl)cc2F)c1C. The molecule has 0 saturated carbocycles. The first-order valence-electron chi connectivity index (χ1n) is 7.44. The van der Waals surface area contributed by atoms with Gasteiger partial charge in [-0.15, -0.1) is 0 Å². The van der Waals surface area contributed by atoms with Crippen molar-refractivity contribution < 1.29 is 13.9 Å². The molecule has 0 radical (unpaired) electrons. The molecule has 0 bridgehead atoms. The summed E-state index contributed by atoms with van der Waals surface area (Å²) >= 11 is 5.68. The van der Waals surface area contributed by atoms with E-state index in [1.54, 1.807) is 7.11 Å². The van der Waals surface area contributed by atoms with Gasteiger partial charge in [0.15, 0.2) is 0 Å². The second kappa shape index (κ2) is 8.12. The molecule has 0 atom stereocenters. The number of amides is 2. The van der Waals surface area contributed by atoms with E-state index >= 15 is 0 Å². The highest BCUT2D eigenvalue weighted by atomic mass is 35.5. The highest BCUT2D eigenvalue weighted by Crippen LogP contribution is 2.19. The molecule has 2 rings (SSSR count). The first-order chi connectivity index (χ1) is 11.4. The van der Waals surface area contributed by atoms with E-state index in [-0.39, 0.29) is 10.7 Å². The van der Waals surface area contributed by atoms with Gasteiger partial charge in [0, 0.05) is 29.9 Å². The van der Waals surface area contributed by atoms with Crippen LogP contribution in [0.15, 0.2) is 18.2 Å². The molecule has 0 aliphatic rings. The van der Waals surface area contributed by atoms with Crippen molar-refractivity contribution in [2.75, 3.05) is 19.0 Å². The standard InChI is InChI=1S/C16H20ClFN4O2/c1-10-13(11(2)22(21-10)6-7-24-3)9-19-16(23)20-15-5-4-12(17)8-14(15)18/h4-5,8H,6-7,9H2,1-3H3,(H2,19,20,23). The van der Waals surface area contributed by atoms with Gasteiger partial charge in [-0.25, -0.2) is 9.18 Å². The molecular weight excluding hydrogens is 335 g/mol. The van der Waals surface area contributed by atoms with Crippen LogP contribution in [0.1, 0.15) is 17.0 Å². The molecule has 2 aromatic rings. The van der Waals surface area contributed by atoms with Crippen LogP contribution in [0.2, 0.25) is 5.02 Å². The summed E-state index contributed by atoms with van der Waals surface area (Å²) in [7, 11) is 1.63. The number of methoxy groups -OCH3 is 1. The number of hydrogen-bond acceptors (Lipinski definition) is 3. The van der Waals surface area contributed by atoms with Crippen LogP contribution in [0.25, 0.3) is 0 Å². The first-order valence-corrected chi connectivity index (χ1v) is 7.82. The highest BCUT2D eigenvalue weighted by Gasteiger charge is 2.13. The van der Waals surface area contributed by atoms with Crippen molar-refractivity contribution in [3.05, 3.63) is 46.0 Å². The Bertz CT molecular complexity index is 733. The lowest BCUT2D eigenvalue weighted by atomic mass is 10.2. The third-order valence-electron chi connectivity index (χ3n) is 3.64. The Labute approximate surface area is 144 Å². The lowest BCUT2D eigenvalue weighted by Crippen LogP contribution is -2.29. The molecule has 6 nitrogen and oxygen atoms in total. The van der Waals surface area contributed by atoms with Crippen molar-refractivity contribution in [3.63, 3.8) is 0 Å². The minimum Gasteiger partial charge on any atom is -0.383 e. The first kappa shape index (κ1) is 18.2. The van der Waals surface area contributed by atoms with E-state index < -0.39 is 11.8 Å². The van der Waals surface area contributed by atoms with Gasteiger partial charge in [-0.3, -0.25) is 4.68 Å². The number of urea groups is 1. The van der Waals surface area contributed by atoms with Gasteiger partial charge >= 0.3 is 6.03 Å². The summed E-state index contributed by atoms with van der Waals surface area (Å²) in [6.45, 7) is 5.32. The second-order valence-corrected chi connectivity index (χ2v) is 5.73. The number of nitrogens with one attached hydrogen (secondary N) is 2. The van der Waals surface area contributed by atoms with E-state index in [2.05, 4.69) is 15.7 Å². The van der Waals surface area contributed by atoms with Gasteiger partial charge in [0.25, 0.3) is 0 Å². The van der Waals surface area contributed by atoms with Gasteiger partial charge in [-0.1, -0.05) is 11.6 Å². The van der Waals surface area contributed by atoms with Crippen LogP contribution >= 0.6 is 11.6 Å². The molecule has 0 unspecified atom stereocenters. The fourth-order valence-electron chi connectivity index (χ4n) is 2.31. The van der Waals surface area contributed by atoms with Crippen LogP contribution < -0.4 is 10.6 Å². The largest absolute Gasteiger partial charge is 0.383 e. The van der Waals surface area contributed by atoms with Gasteiger partial charge in [0.1, 0.15) is 5.82 Å². The van der Waals surface area contributed by atoms with E-state index in [1.807, 2.05) is 18.5 Å². The number of nitrogens with zero attached hydrogens (tertiary/aromatic N) is 2. The molecule has 0 saturated heterocycles. The van der Waals surface area contributed by atoms with Crippen LogP contribution in [-0.4, -0.2) is 29.5 Å². The van der Waals surface area contributed by atoms with E-state index in [1.165, 1.54) is 12.1 Å². The third kappa shape index (κ3) is 4.46. The summed E-state index contributed by atoms with van der Waals surface area (Å²) in [6.07, 6.45) is 0. The van der Waals surface area contributed by atoms with Crippen molar-refractivity contribution in [1.82, 2.24) is 15.1 Å². The maximum absolute atomic E-state index is 13.7. The van der Waals surface area contributed by atoms with Crippen LogP contribution in [0.4, 0.5) is 14.9 Å². The fraction of sp³-hybridized carbons (Fsp3) is 0.375. The molecule has 0 aliphatic carbocycles. The number of hydrogen-bond donors (Lipinski definition) is 2. The summed E-state index contributed by atoms with van der Waals surface area (Å²) in [5.74, 6) is -0.586. The second-order valence-electron chi connectivity index (χ2n) is 5.30. The van der Waals surface area contributed by atoms with Gasteiger partial charge in [0.2, 0.25) is 0 Å². The molecule has 1 heterocycles. The number of benzene rings is 1. The molecule has 0 aliphatic heterocycles. The summed E-state index contributed by atoms with van der Waals surface area (Å²) in [4.78, 5) is 12.0. The van der Waals surface area contributed by atoms with E-state index in [9.17, 15) is 9.18 Å². The lowest BCUT2D eigenvalue weighted by Gasteiger charge is -2.09. The maximum atomic E-state index is 13.7. The Morgan fingerprint density at radius 2 is 2.17 bits per heavy atom. The average molecular weight is 355 g/mol. The number of carbonyl (C=O) groups is 1. The zero-order chi connectivity index (χ0) is 17.7. The third-order valence-corrected chi connectivity index (χ3v) is 3.88. The predicted molar refractivity (Wildman–Crippen MR) is 90.8 cm³/mol. The molecule has 0 spiro atoms. The maximum Gasteiger partial charge on any atom is 0.319 e. The Morgan fingerprint density at radius 1 is 1.42 bits per heavy atom. The quantitative estimate of drug-likeness (QED) is 0.836. The molecule has 8 heteroatoms. The van der Waals surface area contributed by atoms with Gasteiger partial charge in [0.05, 0.1) is 24.5 Å². The molecule has 0 fully saturated rings. The summed E-state index contributed by atoms with van der Waals surface area (Å²) in [5.41, 5.74) is 2.79. The molecular formula is C16H20ClFN4O2. The Morgan fingerprint density at radius 3 is 2.83 bits per heavy atom. The summed E-state index contributed by atoms with van der Waals surface area (Å²) in [5, 5.41) is 9.86.